The Morgan fingerprint density at radius 2 is 1.97 bits per heavy atom. The van der Waals surface area contributed by atoms with Crippen molar-refractivity contribution in [1.29, 1.82) is 5.41 Å². The van der Waals surface area contributed by atoms with Crippen molar-refractivity contribution in [3.63, 3.8) is 0 Å². The number of para-hydroxylation sites is 1. The summed E-state index contributed by atoms with van der Waals surface area (Å²) in [7, 11) is -3.59. The molecule has 182 valence electrons. The molecule has 12 heteroatoms. The van der Waals surface area contributed by atoms with E-state index in [1.165, 1.54) is 6.92 Å². The van der Waals surface area contributed by atoms with Crippen molar-refractivity contribution >= 4 is 59.9 Å². The summed E-state index contributed by atoms with van der Waals surface area (Å²) in [4.78, 5) is 16.9. The lowest BCUT2D eigenvalue weighted by atomic mass is 10.1. The highest BCUT2D eigenvalue weighted by atomic mass is 32.3. The first-order valence-electron chi connectivity index (χ1n) is 11.0. The number of amides is 1. The highest BCUT2D eigenvalue weighted by molar-refractivity contribution is 8.42. The van der Waals surface area contributed by atoms with Gasteiger partial charge in [0, 0.05) is 29.2 Å². The zero-order valence-corrected chi connectivity index (χ0v) is 20.6. The smallest absolute Gasteiger partial charge is 0.283 e. The summed E-state index contributed by atoms with van der Waals surface area (Å²) in [5, 5.41) is 14.7. The molecule has 2 aromatic carbocycles. The maximum Gasteiger partial charge on any atom is 0.283 e. The second kappa shape index (κ2) is 8.35. The predicted octanol–water partition coefficient (Wildman–Crippen LogP) is 3.43. The van der Waals surface area contributed by atoms with Gasteiger partial charge in [0.2, 0.25) is 26.2 Å². The minimum absolute atomic E-state index is 0.0317. The molecule has 10 nitrogen and oxygen atoms in total. The van der Waals surface area contributed by atoms with Crippen molar-refractivity contribution in [1.82, 2.24) is 9.58 Å². The monoisotopic (exact) mass is 521 g/mol. The number of rotatable bonds is 4. The molecular formula is C24H19N5O5S2. The lowest BCUT2D eigenvalue weighted by Crippen LogP contribution is -2.35. The number of hydrogen-bond acceptors (Lipinski definition) is 8. The van der Waals surface area contributed by atoms with Crippen LogP contribution < -0.4 is 9.47 Å². The molecular weight excluding hydrogens is 502 g/mol. The summed E-state index contributed by atoms with van der Waals surface area (Å²) in [6.45, 7) is 2.27. The first kappa shape index (κ1) is 22.6. The fourth-order valence-corrected chi connectivity index (χ4v) is 6.30. The molecule has 0 spiro atoms. The first-order chi connectivity index (χ1) is 17.3. The lowest BCUT2D eigenvalue weighted by molar-refractivity contribution is -0.114. The van der Waals surface area contributed by atoms with Crippen LogP contribution in [0.3, 0.4) is 0 Å². The first-order valence-corrected chi connectivity index (χ1v) is 13.5. The minimum Gasteiger partial charge on any atom is -0.454 e. The zero-order chi connectivity index (χ0) is 25.0. The van der Waals surface area contributed by atoms with E-state index in [1.807, 2.05) is 48.7 Å². The van der Waals surface area contributed by atoms with Crippen molar-refractivity contribution in [3.8, 4) is 11.5 Å². The fraction of sp³-hybridized carbons (Fsp3) is 0.167. The Morgan fingerprint density at radius 1 is 1.17 bits per heavy atom. The number of nitrogens with zero attached hydrogens (tertiary/aromatic N) is 4. The van der Waals surface area contributed by atoms with Crippen molar-refractivity contribution in [2.75, 3.05) is 12.5 Å². The van der Waals surface area contributed by atoms with E-state index in [4.69, 9.17) is 14.9 Å². The Balaban J connectivity index is 1.38. The number of hydrazone groups is 1. The molecule has 0 bridgehead atoms. The fourth-order valence-electron chi connectivity index (χ4n) is 4.14. The van der Waals surface area contributed by atoms with Gasteiger partial charge in [-0.25, -0.2) is 8.42 Å². The van der Waals surface area contributed by atoms with Crippen LogP contribution in [-0.2, 0) is 21.2 Å². The third-order valence-electron chi connectivity index (χ3n) is 5.99. The Bertz CT molecular complexity index is 1670. The number of carbonyl (C=O) groups is 1. The summed E-state index contributed by atoms with van der Waals surface area (Å²) in [5.74, 6) is 0.457. The quantitative estimate of drug-likeness (QED) is 0.521. The number of ether oxygens (including phenoxy) is 2. The molecule has 0 radical (unpaired) electrons. The number of nitrogens with one attached hydrogen (secondary N) is 1. The molecule has 3 aromatic rings. The number of aliphatic imine (C=N–C) groups is 1. The average molecular weight is 522 g/mol. The Hall–Kier alpha value is -3.90. The summed E-state index contributed by atoms with van der Waals surface area (Å²) in [6, 6.07) is 13.6. The maximum absolute atomic E-state index is 12.9. The third kappa shape index (κ3) is 3.69. The summed E-state index contributed by atoms with van der Waals surface area (Å²) >= 11 is 0.784. The van der Waals surface area contributed by atoms with Crippen LogP contribution in [0.1, 0.15) is 18.1 Å². The lowest BCUT2D eigenvalue weighted by Gasteiger charge is -2.19. The molecule has 1 N–H and O–H groups in total. The Morgan fingerprint density at radius 3 is 2.81 bits per heavy atom. The van der Waals surface area contributed by atoms with Crippen LogP contribution in [0.5, 0.6) is 11.5 Å². The van der Waals surface area contributed by atoms with Crippen molar-refractivity contribution < 1.29 is 22.7 Å². The van der Waals surface area contributed by atoms with Crippen LogP contribution in [0.4, 0.5) is 0 Å². The number of carbonyl (C=O) groups excluding carboxylic acids is 1. The highest BCUT2D eigenvalue weighted by Gasteiger charge is 2.39. The van der Waals surface area contributed by atoms with E-state index in [9.17, 15) is 13.2 Å². The Kier molecular flexibility index (Phi) is 5.23. The van der Waals surface area contributed by atoms with E-state index >= 15 is 0 Å². The van der Waals surface area contributed by atoms with Gasteiger partial charge in [0.1, 0.15) is 0 Å². The average Bonchev–Trinajstić information content (AvgIpc) is 3.59. The van der Waals surface area contributed by atoms with Crippen LogP contribution >= 0.6 is 11.8 Å². The molecule has 1 aromatic heterocycles. The molecule has 0 saturated heterocycles. The molecule has 3 aliphatic heterocycles. The topological polar surface area (TPSA) is 126 Å². The van der Waals surface area contributed by atoms with E-state index in [0.29, 0.717) is 18.0 Å². The molecule has 36 heavy (non-hydrogen) atoms. The van der Waals surface area contributed by atoms with Crippen LogP contribution in [0.25, 0.3) is 17.0 Å². The van der Waals surface area contributed by atoms with Crippen LogP contribution in [0, 0.1) is 5.41 Å². The van der Waals surface area contributed by atoms with E-state index in [2.05, 4.69) is 14.7 Å². The number of aromatic nitrogens is 1. The molecule has 0 fully saturated rings. The van der Waals surface area contributed by atoms with Crippen molar-refractivity contribution in [2.45, 2.75) is 13.5 Å². The van der Waals surface area contributed by atoms with Crippen LogP contribution in [0.15, 0.2) is 64.3 Å². The van der Waals surface area contributed by atoms with Crippen molar-refractivity contribution in [2.24, 2.45) is 10.1 Å². The van der Waals surface area contributed by atoms with Gasteiger partial charge in [-0.1, -0.05) is 31.2 Å². The number of thioether (sulfide) groups is 1. The Labute approximate surface area is 210 Å². The molecule has 3 aliphatic rings. The van der Waals surface area contributed by atoms with Gasteiger partial charge >= 0.3 is 0 Å². The van der Waals surface area contributed by atoms with E-state index < -0.39 is 15.7 Å². The molecule has 0 aliphatic carbocycles. The molecule has 6 rings (SSSR count). The van der Waals surface area contributed by atoms with E-state index in [-0.39, 0.29) is 33.5 Å². The minimum atomic E-state index is -3.59. The predicted molar refractivity (Wildman–Crippen MR) is 138 cm³/mol. The number of benzene rings is 2. The summed E-state index contributed by atoms with van der Waals surface area (Å²) in [6.07, 6.45) is 3.52. The summed E-state index contributed by atoms with van der Waals surface area (Å²) in [5.41, 5.74) is 2.73. The largest absolute Gasteiger partial charge is 0.454 e. The third-order valence-corrected chi connectivity index (χ3v) is 9.08. The molecule has 0 unspecified atom stereocenters. The van der Waals surface area contributed by atoms with Gasteiger partial charge < -0.3 is 14.0 Å². The number of hydrogen-bond donors (Lipinski definition) is 1. The number of fused-ring (bicyclic) bond motifs is 3. The molecule has 1 amide bonds. The van der Waals surface area contributed by atoms with Crippen LogP contribution in [0.2, 0.25) is 0 Å². The number of amidine groups is 2. The van der Waals surface area contributed by atoms with Gasteiger partial charge in [-0.05, 0) is 41.6 Å². The van der Waals surface area contributed by atoms with E-state index in [1.54, 1.807) is 6.08 Å². The van der Waals surface area contributed by atoms with Crippen molar-refractivity contribution in [3.05, 3.63) is 65.4 Å². The SMILES string of the molecule is CCS(=O)(=O)C1=NN2C(=N)/C(=C\c3cn(Cc4ccc5c(c4)OCO5)c4ccccc34)C(=O)N=C2S1. The van der Waals surface area contributed by atoms with Gasteiger partial charge in [0.25, 0.3) is 5.91 Å². The number of sulfone groups is 1. The van der Waals surface area contributed by atoms with Gasteiger partial charge in [-0.3, -0.25) is 10.2 Å². The van der Waals surface area contributed by atoms with Gasteiger partial charge in [0.05, 0.1) is 11.3 Å². The maximum atomic E-state index is 12.9. The second-order valence-electron chi connectivity index (χ2n) is 8.21. The highest BCUT2D eigenvalue weighted by Crippen LogP contribution is 2.34. The summed E-state index contributed by atoms with van der Waals surface area (Å²) < 4.78 is 37.3. The van der Waals surface area contributed by atoms with Gasteiger partial charge in [-0.2, -0.15) is 10.0 Å². The van der Waals surface area contributed by atoms with E-state index in [0.717, 1.165) is 38.8 Å². The molecule has 4 heterocycles. The van der Waals surface area contributed by atoms with Gasteiger partial charge in [0.15, 0.2) is 17.3 Å². The second-order valence-corrected chi connectivity index (χ2v) is 11.6. The van der Waals surface area contributed by atoms with Crippen LogP contribution in [-0.4, -0.2) is 51.8 Å². The standard InChI is InChI=1S/C24H19N5O5S2/c1-2-36(31,32)24-27-29-21(25)17(22(30)26-23(29)35-24)10-15-12-28(18-6-4-3-5-16(15)18)11-14-7-8-19-20(9-14)34-13-33-19/h3-10,12,25H,2,11,13H2,1H3/b17-10+,25-21?. The zero-order valence-electron chi connectivity index (χ0n) is 19.0. The molecule has 0 saturated carbocycles. The van der Waals surface area contributed by atoms with Gasteiger partial charge in [-0.15, -0.1) is 5.10 Å². The molecule has 0 atom stereocenters. The normalized spacial score (nSPS) is 18.1.